The number of amides is 3. The Kier molecular flexibility index (Phi) is 8.10. The number of benzene rings is 2. The molecule has 37 heavy (non-hydrogen) atoms. The summed E-state index contributed by atoms with van der Waals surface area (Å²) >= 11 is 1.08. The second kappa shape index (κ2) is 10.7. The van der Waals surface area contributed by atoms with Gasteiger partial charge in [-0.25, -0.2) is 4.79 Å². The van der Waals surface area contributed by atoms with Crippen LogP contribution >= 0.6 is 11.3 Å². The van der Waals surface area contributed by atoms with E-state index in [0.717, 1.165) is 22.5 Å². The molecule has 2 aromatic carbocycles. The third-order valence-electron chi connectivity index (χ3n) is 5.03. The van der Waals surface area contributed by atoms with Gasteiger partial charge in [0.1, 0.15) is 11.0 Å². The van der Waals surface area contributed by atoms with Gasteiger partial charge in [0.2, 0.25) is 11.0 Å². The minimum absolute atomic E-state index is 0.0552. The largest absolute Gasteiger partial charge is 0.416 e. The molecule has 0 bridgehead atoms. The molecule has 0 fully saturated rings. The number of alkyl halides is 6. The zero-order chi connectivity index (χ0) is 27.5. The smallest absolute Gasteiger partial charge is 0.326 e. The third-order valence-corrected chi connectivity index (χ3v) is 5.92. The van der Waals surface area contributed by atoms with Crippen molar-refractivity contribution in [2.45, 2.75) is 39.2 Å². The molecule has 0 spiro atoms. The average Bonchev–Trinajstić information content (AvgIpc) is 3.24. The Hall–Kier alpha value is -3.68. The molecule has 1 unspecified atom stereocenters. The molecular weight excluding hydrogens is 524 g/mol. The molecule has 0 aliphatic heterocycles. The van der Waals surface area contributed by atoms with Gasteiger partial charge >= 0.3 is 18.4 Å². The molecule has 0 aliphatic rings. The molecule has 1 heterocycles. The quantitative estimate of drug-likeness (QED) is 0.315. The maximum atomic E-state index is 13.1. The number of aromatic nitrogens is 2. The van der Waals surface area contributed by atoms with Gasteiger partial charge in [-0.05, 0) is 31.0 Å². The zero-order valence-corrected chi connectivity index (χ0v) is 20.4. The van der Waals surface area contributed by atoms with Crippen molar-refractivity contribution < 1.29 is 35.9 Å². The van der Waals surface area contributed by atoms with Crippen molar-refractivity contribution in [2.75, 3.05) is 10.6 Å². The second-order valence-electron chi connectivity index (χ2n) is 8.38. The molecule has 3 amide bonds. The van der Waals surface area contributed by atoms with Crippen LogP contribution in [0.3, 0.4) is 0 Å². The van der Waals surface area contributed by atoms with E-state index in [1.807, 2.05) is 36.5 Å². The number of aryl methyl sites for hydroxylation is 1. The lowest BCUT2D eigenvalue weighted by atomic mass is 10.0. The van der Waals surface area contributed by atoms with Crippen LogP contribution in [0.25, 0.3) is 10.6 Å². The van der Waals surface area contributed by atoms with Crippen LogP contribution in [0.15, 0.2) is 42.5 Å². The summed E-state index contributed by atoms with van der Waals surface area (Å²) < 4.78 is 78.4. The van der Waals surface area contributed by atoms with E-state index in [0.29, 0.717) is 17.1 Å². The molecule has 1 atom stereocenters. The monoisotopic (exact) mass is 545 g/mol. The van der Waals surface area contributed by atoms with Crippen LogP contribution in [0.5, 0.6) is 0 Å². The van der Waals surface area contributed by atoms with Gasteiger partial charge in [0.15, 0.2) is 0 Å². The number of urea groups is 1. The summed E-state index contributed by atoms with van der Waals surface area (Å²) in [5, 5.41) is 15.3. The first-order valence-corrected chi connectivity index (χ1v) is 11.5. The molecular formula is C23H21F6N5O2S. The SMILES string of the molecule is Cc1ccc(-c2nnc(NC(=O)C(NC(=O)Nc3cc(C(F)(F)F)cc(C(F)(F)F)c3)C(C)C)s2)cc1. The lowest BCUT2D eigenvalue weighted by Crippen LogP contribution is -2.48. The van der Waals surface area contributed by atoms with E-state index in [1.165, 1.54) is 0 Å². The number of halogens is 6. The van der Waals surface area contributed by atoms with E-state index in [4.69, 9.17) is 0 Å². The topological polar surface area (TPSA) is 96.0 Å². The van der Waals surface area contributed by atoms with Crippen molar-refractivity contribution in [3.63, 3.8) is 0 Å². The summed E-state index contributed by atoms with van der Waals surface area (Å²) in [6.45, 7) is 5.11. The standard InChI is InChI=1S/C23H21F6N5O2S/c1-11(2)17(18(35)32-21-34-33-19(37-21)13-6-4-12(3)5-7-13)31-20(36)30-16-9-14(22(24,25)26)8-15(10-16)23(27,28)29/h4-11,17H,1-3H3,(H2,30,31,36)(H,32,34,35). The Morgan fingerprint density at radius 3 is 1.95 bits per heavy atom. The van der Waals surface area contributed by atoms with Crippen LogP contribution in [0, 0.1) is 12.8 Å². The summed E-state index contributed by atoms with van der Waals surface area (Å²) in [5.41, 5.74) is -2.09. The number of hydrogen-bond donors (Lipinski definition) is 3. The minimum atomic E-state index is -5.08. The van der Waals surface area contributed by atoms with E-state index in [9.17, 15) is 35.9 Å². The van der Waals surface area contributed by atoms with E-state index >= 15 is 0 Å². The van der Waals surface area contributed by atoms with Gasteiger partial charge in [-0.2, -0.15) is 26.3 Å². The summed E-state index contributed by atoms with van der Waals surface area (Å²) in [6, 6.07) is 5.76. The third kappa shape index (κ3) is 7.41. The van der Waals surface area contributed by atoms with Crippen LogP contribution < -0.4 is 16.0 Å². The first-order chi connectivity index (χ1) is 17.1. The predicted octanol–water partition coefficient (Wildman–Crippen LogP) is 6.34. The van der Waals surface area contributed by atoms with Gasteiger partial charge < -0.3 is 10.6 Å². The van der Waals surface area contributed by atoms with Gasteiger partial charge in [0, 0.05) is 11.3 Å². The van der Waals surface area contributed by atoms with E-state index < -0.39 is 53.1 Å². The molecule has 198 valence electrons. The molecule has 3 aromatic rings. The molecule has 7 nitrogen and oxygen atoms in total. The molecule has 3 rings (SSSR count). The van der Waals surface area contributed by atoms with Crippen LogP contribution in [0.1, 0.15) is 30.5 Å². The van der Waals surface area contributed by atoms with Crippen LogP contribution in [0.2, 0.25) is 0 Å². The molecule has 1 aromatic heterocycles. The van der Waals surface area contributed by atoms with Gasteiger partial charge in [0.25, 0.3) is 0 Å². The summed E-state index contributed by atoms with van der Waals surface area (Å²) in [4.78, 5) is 25.2. The maximum Gasteiger partial charge on any atom is 0.416 e. The Balaban J connectivity index is 1.73. The number of anilines is 2. The van der Waals surface area contributed by atoms with Crippen molar-refractivity contribution in [1.29, 1.82) is 0 Å². The number of carbonyl (C=O) groups is 2. The summed E-state index contributed by atoms with van der Waals surface area (Å²) in [6.07, 6.45) is -10.2. The first-order valence-electron chi connectivity index (χ1n) is 10.7. The maximum absolute atomic E-state index is 13.1. The molecule has 0 saturated carbocycles. The average molecular weight is 546 g/mol. The van der Waals surface area contributed by atoms with Crippen molar-refractivity contribution in [3.05, 3.63) is 59.2 Å². The minimum Gasteiger partial charge on any atom is -0.326 e. The van der Waals surface area contributed by atoms with Crippen LogP contribution in [-0.4, -0.2) is 28.2 Å². The lowest BCUT2D eigenvalue weighted by molar-refractivity contribution is -0.143. The van der Waals surface area contributed by atoms with Gasteiger partial charge in [-0.15, -0.1) is 10.2 Å². The Morgan fingerprint density at radius 1 is 0.865 bits per heavy atom. The lowest BCUT2D eigenvalue weighted by Gasteiger charge is -2.21. The first kappa shape index (κ1) is 27.9. The van der Waals surface area contributed by atoms with Crippen molar-refractivity contribution in [3.8, 4) is 10.6 Å². The highest BCUT2D eigenvalue weighted by atomic mass is 32.1. The normalized spacial score (nSPS) is 12.8. The van der Waals surface area contributed by atoms with Crippen molar-refractivity contribution in [2.24, 2.45) is 5.92 Å². The number of nitrogens with one attached hydrogen (secondary N) is 3. The zero-order valence-electron chi connectivity index (χ0n) is 19.6. The number of nitrogens with zero attached hydrogens (tertiary/aromatic N) is 2. The van der Waals surface area contributed by atoms with Gasteiger partial charge in [-0.3, -0.25) is 10.1 Å². The molecule has 0 radical (unpaired) electrons. The van der Waals surface area contributed by atoms with E-state index in [1.54, 1.807) is 13.8 Å². The predicted molar refractivity (Wildman–Crippen MR) is 126 cm³/mol. The highest BCUT2D eigenvalue weighted by Gasteiger charge is 2.37. The summed E-state index contributed by atoms with van der Waals surface area (Å²) in [7, 11) is 0. The van der Waals surface area contributed by atoms with E-state index in [2.05, 4.69) is 20.8 Å². The van der Waals surface area contributed by atoms with Gasteiger partial charge in [-0.1, -0.05) is 55.0 Å². The second-order valence-corrected chi connectivity index (χ2v) is 9.36. The summed E-state index contributed by atoms with van der Waals surface area (Å²) in [5.74, 6) is -1.20. The van der Waals surface area contributed by atoms with E-state index in [-0.39, 0.29) is 11.2 Å². The fraction of sp³-hybridized carbons (Fsp3) is 0.304. The Morgan fingerprint density at radius 2 is 1.43 bits per heavy atom. The molecule has 3 N–H and O–H groups in total. The highest BCUT2D eigenvalue weighted by Crippen LogP contribution is 2.37. The van der Waals surface area contributed by atoms with Crippen LogP contribution in [0.4, 0.5) is 42.0 Å². The van der Waals surface area contributed by atoms with Gasteiger partial charge in [0.05, 0.1) is 11.1 Å². The fourth-order valence-electron chi connectivity index (χ4n) is 3.14. The number of rotatable bonds is 6. The molecule has 14 heteroatoms. The molecule has 0 saturated heterocycles. The Bertz CT molecular complexity index is 1240. The van der Waals surface area contributed by atoms with Crippen LogP contribution in [-0.2, 0) is 17.1 Å². The Labute approximate surface area is 211 Å². The van der Waals surface area contributed by atoms with Crippen molar-refractivity contribution >= 4 is 34.1 Å². The molecule has 0 aliphatic carbocycles. The fourth-order valence-corrected chi connectivity index (χ4v) is 3.89. The number of carbonyl (C=O) groups excluding carboxylic acids is 2. The highest BCUT2D eigenvalue weighted by molar-refractivity contribution is 7.18. The van der Waals surface area contributed by atoms with Crippen molar-refractivity contribution in [1.82, 2.24) is 15.5 Å². The number of hydrogen-bond acceptors (Lipinski definition) is 5.